The molecule has 0 bridgehead atoms. The summed E-state index contributed by atoms with van der Waals surface area (Å²) in [5, 5.41) is 0. The van der Waals surface area contributed by atoms with Gasteiger partial charge in [-0.05, 0) is 26.9 Å². The zero-order chi connectivity index (χ0) is 5.86. The highest BCUT2D eigenvalue weighted by Crippen LogP contribution is 1.90. The number of rotatable bonds is 2. The van der Waals surface area contributed by atoms with E-state index in [4.69, 9.17) is 0 Å². The van der Waals surface area contributed by atoms with Gasteiger partial charge in [-0.15, -0.1) is 0 Å². The van der Waals surface area contributed by atoms with Crippen molar-refractivity contribution in [3.8, 4) is 0 Å². The van der Waals surface area contributed by atoms with Gasteiger partial charge in [-0.1, -0.05) is 6.92 Å². The zero-order valence-electron chi connectivity index (χ0n) is 5.44. The lowest BCUT2D eigenvalue weighted by molar-refractivity contribution is 0.370. The van der Waals surface area contributed by atoms with Crippen molar-refractivity contribution in [1.29, 1.82) is 0 Å². The van der Waals surface area contributed by atoms with E-state index in [1.54, 1.807) is 0 Å². The van der Waals surface area contributed by atoms with Crippen LogP contribution in [0.1, 0.15) is 6.92 Å². The van der Waals surface area contributed by atoms with E-state index in [2.05, 4.69) is 32.8 Å². The zero-order valence-corrected chi connectivity index (χ0v) is 5.44. The average Bonchev–Trinajstić information content (AvgIpc) is 1.27. The Morgan fingerprint density at radius 1 is 1.57 bits per heavy atom. The highest BCUT2D eigenvalue weighted by molar-refractivity contribution is 4.55. The molecule has 0 saturated heterocycles. The molecule has 43 valence electrons. The first-order chi connectivity index (χ1) is 3.13. The Morgan fingerprint density at radius 3 is 2.00 bits per heavy atom. The Balaban J connectivity index is 2.95. The van der Waals surface area contributed by atoms with Crippen LogP contribution in [0.15, 0.2) is 0 Å². The van der Waals surface area contributed by atoms with Gasteiger partial charge < -0.3 is 4.90 Å². The monoisotopic (exact) mass is 100 g/mol. The van der Waals surface area contributed by atoms with Crippen LogP contribution in [0.25, 0.3) is 0 Å². The van der Waals surface area contributed by atoms with Crippen LogP contribution in [0, 0.1) is 12.8 Å². The second kappa shape index (κ2) is 3.03. The number of nitrogens with zero attached hydrogens (tertiary/aromatic N) is 1. The fourth-order valence-electron chi connectivity index (χ4n) is 0.623. The summed E-state index contributed by atoms with van der Waals surface area (Å²) in [7, 11) is 4.11. The number of hydrogen-bond acceptors (Lipinski definition) is 1. The summed E-state index contributed by atoms with van der Waals surface area (Å²) in [6.07, 6.45) is 0. The van der Waals surface area contributed by atoms with Crippen molar-refractivity contribution in [1.82, 2.24) is 4.90 Å². The Labute approximate surface area is 46.3 Å². The summed E-state index contributed by atoms with van der Waals surface area (Å²) in [5.74, 6) is 0.551. The molecule has 1 radical (unpaired) electrons. The molecule has 1 atom stereocenters. The second-order valence-electron chi connectivity index (χ2n) is 2.37. The van der Waals surface area contributed by atoms with E-state index in [9.17, 15) is 0 Å². The first-order valence-corrected chi connectivity index (χ1v) is 2.60. The largest absolute Gasteiger partial charge is 0.309 e. The van der Waals surface area contributed by atoms with Crippen LogP contribution in [-0.4, -0.2) is 25.5 Å². The molecule has 0 unspecified atom stereocenters. The van der Waals surface area contributed by atoms with Crippen molar-refractivity contribution in [3.63, 3.8) is 0 Å². The number of hydrogen-bond donors (Lipinski definition) is 0. The molecule has 0 spiro atoms. The first kappa shape index (κ1) is 6.96. The molecule has 0 amide bonds. The highest BCUT2D eigenvalue weighted by atomic mass is 15.0. The van der Waals surface area contributed by atoms with Crippen LogP contribution < -0.4 is 0 Å². The average molecular weight is 100 g/mol. The lowest BCUT2D eigenvalue weighted by Crippen LogP contribution is -2.17. The Kier molecular flexibility index (Phi) is 3.01. The van der Waals surface area contributed by atoms with Crippen LogP contribution in [-0.2, 0) is 0 Å². The van der Waals surface area contributed by atoms with Crippen molar-refractivity contribution >= 4 is 0 Å². The Hall–Kier alpha value is -0.0400. The van der Waals surface area contributed by atoms with Crippen LogP contribution in [0.5, 0.6) is 0 Å². The molecule has 0 N–H and O–H groups in total. The molecule has 0 aromatic carbocycles. The Bertz CT molecular complexity index is 33.4. The molecule has 0 aromatic rings. The van der Waals surface area contributed by atoms with Gasteiger partial charge in [-0.3, -0.25) is 0 Å². The van der Waals surface area contributed by atoms with Gasteiger partial charge in [0.2, 0.25) is 0 Å². The molecule has 0 aliphatic carbocycles. The lowest BCUT2D eigenvalue weighted by Gasteiger charge is -2.10. The van der Waals surface area contributed by atoms with Crippen molar-refractivity contribution in [2.45, 2.75) is 6.92 Å². The minimum absolute atomic E-state index is 0.551. The van der Waals surface area contributed by atoms with Crippen LogP contribution in [0.4, 0.5) is 0 Å². The summed E-state index contributed by atoms with van der Waals surface area (Å²) in [6, 6.07) is 0. The quantitative estimate of drug-likeness (QED) is 0.500. The minimum Gasteiger partial charge on any atom is -0.309 e. The third kappa shape index (κ3) is 5.96. The van der Waals surface area contributed by atoms with Crippen molar-refractivity contribution in [2.24, 2.45) is 5.92 Å². The molecule has 0 saturated carbocycles. The fourth-order valence-corrected chi connectivity index (χ4v) is 0.623. The van der Waals surface area contributed by atoms with Crippen LogP contribution in [0.3, 0.4) is 0 Å². The normalized spacial score (nSPS) is 11.1. The molecular weight excluding hydrogens is 86.1 g/mol. The summed E-state index contributed by atoms with van der Waals surface area (Å²) in [6.45, 7) is 7.03. The highest BCUT2D eigenvalue weighted by Gasteiger charge is 1.92. The maximum atomic E-state index is 3.84. The summed E-state index contributed by atoms with van der Waals surface area (Å²) >= 11 is 0. The van der Waals surface area contributed by atoms with Gasteiger partial charge in [0.1, 0.15) is 0 Å². The van der Waals surface area contributed by atoms with Gasteiger partial charge in [0, 0.05) is 6.54 Å². The predicted octanol–water partition coefficient (Wildman–Crippen LogP) is 1.02. The van der Waals surface area contributed by atoms with Gasteiger partial charge in [-0.25, -0.2) is 0 Å². The smallest absolute Gasteiger partial charge is 0.0000921 e. The summed E-state index contributed by atoms with van der Waals surface area (Å²) in [5.41, 5.74) is 0. The molecule has 0 rings (SSSR count). The van der Waals surface area contributed by atoms with E-state index in [0.29, 0.717) is 5.92 Å². The van der Waals surface area contributed by atoms with Crippen molar-refractivity contribution < 1.29 is 0 Å². The maximum absolute atomic E-state index is 3.84. The van der Waals surface area contributed by atoms with E-state index in [0.717, 1.165) is 6.54 Å². The van der Waals surface area contributed by atoms with Crippen LogP contribution in [0.2, 0.25) is 0 Å². The second-order valence-corrected chi connectivity index (χ2v) is 2.37. The molecule has 0 aromatic heterocycles. The third-order valence-electron chi connectivity index (χ3n) is 0.677. The molecule has 0 aliphatic rings. The van der Waals surface area contributed by atoms with Gasteiger partial charge in [0.15, 0.2) is 0 Å². The third-order valence-corrected chi connectivity index (χ3v) is 0.677. The van der Waals surface area contributed by atoms with E-state index in [-0.39, 0.29) is 0 Å². The van der Waals surface area contributed by atoms with E-state index >= 15 is 0 Å². The van der Waals surface area contributed by atoms with Crippen molar-refractivity contribution in [3.05, 3.63) is 6.92 Å². The summed E-state index contributed by atoms with van der Waals surface area (Å²) in [4.78, 5) is 2.14. The lowest BCUT2D eigenvalue weighted by atomic mass is 10.2. The van der Waals surface area contributed by atoms with Gasteiger partial charge >= 0.3 is 0 Å². The minimum atomic E-state index is 0.551. The first-order valence-electron chi connectivity index (χ1n) is 2.60. The van der Waals surface area contributed by atoms with Gasteiger partial charge in [0.25, 0.3) is 0 Å². The standard InChI is InChI=1S/C6H14N/c1-6(2)5-7(3)4/h6H,1,5H2,2-4H3/t6-/m0/s1. The molecule has 0 heterocycles. The Morgan fingerprint density at radius 2 is 2.00 bits per heavy atom. The van der Waals surface area contributed by atoms with Gasteiger partial charge in [0.05, 0.1) is 0 Å². The maximum Gasteiger partial charge on any atom is 0.0000921 e. The predicted molar refractivity (Wildman–Crippen MR) is 33.1 cm³/mol. The SMILES string of the molecule is [CH2][C@@H](C)CN(C)C. The molecule has 7 heavy (non-hydrogen) atoms. The summed E-state index contributed by atoms with van der Waals surface area (Å²) < 4.78 is 0. The van der Waals surface area contributed by atoms with Gasteiger partial charge in [-0.2, -0.15) is 0 Å². The topological polar surface area (TPSA) is 3.24 Å². The van der Waals surface area contributed by atoms with E-state index in [1.807, 2.05) is 0 Å². The van der Waals surface area contributed by atoms with Crippen molar-refractivity contribution in [2.75, 3.05) is 20.6 Å². The molecular formula is C6H14N. The fraction of sp³-hybridized carbons (Fsp3) is 0.833. The molecule has 1 nitrogen and oxygen atoms in total. The molecule has 0 fully saturated rings. The molecule has 0 aliphatic heterocycles. The van der Waals surface area contributed by atoms with E-state index in [1.165, 1.54) is 0 Å². The molecule has 1 heteroatoms. The van der Waals surface area contributed by atoms with Crippen LogP contribution >= 0.6 is 0 Å². The van der Waals surface area contributed by atoms with E-state index < -0.39 is 0 Å².